The highest BCUT2D eigenvalue weighted by Crippen LogP contribution is 2.49. The van der Waals surface area contributed by atoms with Crippen LogP contribution in [0.5, 0.6) is 0 Å². The highest BCUT2D eigenvalue weighted by atomic mass is 19.1. The van der Waals surface area contributed by atoms with E-state index in [1.807, 2.05) is 13.1 Å². The Morgan fingerprint density at radius 2 is 2.00 bits per heavy atom. The van der Waals surface area contributed by atoms with Gasteiger partial charge >= 0.3 is 0 Å². The van der Waals surface area contributed by atoms with Crippen molar-refractivity contribution in [1.29, 1.82) is 0 Å². The number of fused-ring (bicyclic) bond motifs is 2. The van der Waals surface area contributed by atoms with Crippen LogP contribution in [0, 0.1) is 11.2 Å². The number of anilines is 1. The van der Waals surface area contributed by atoms with Gasteiger partial charge in [-0.25, -0.2) is 4.39 Å². The lowest BCUT2D eigenvalue weighted by molar-refractivity contribution is 0.253. The van der Waals surface area contributed by atoms with Crippen LogP contribution in [-0.2, 0) is 12.8 Å². The van der Waals surface area contributed by atoms with E-state index < -0.39 is 0 Å². The van der Waals surface area contributed by atoms with Gasteiger partial charge in [0.25, 0.3) is 0 Å². The summed E-state index contributed by atoms with van der Waals surface area (Å²) in [5.41, 5.74) is 5.01. The summed E-state index contributed by atoms with van der Waals surface area (Å²) in [5.74, 6) is -0.208. The second-order valence-corrected chi connectivity index (χ2v) is 6.71. The molecule has 4 rings (SSSR count). The normalized spacial score (nSPS) is 19.9. The Morgan fingerprint density at radius 1 is 1.19 bits per heavy atom. The van der Waals surface area contributed by atoms with Crippen LogP contribution in [0.3, 0.4) is 0 Å². The molecule has 2 aromatic rings. The third kappa shape index (κ3) is 2.02. The molecule has 0 unspecified atom stereocenters. The van der Waals surface area contributed by atoms with Crippen molar-refractivity contribution in [3.8, 4) is 0 Å². The van der Waals surface area contributed by atoms with Crippen LogP contribution in [0.1, 0.15) is 43.4 Å². The largest absolute Gasteiger partial charge is 0.387 e. The van der Waals surface area contributed by atoms with Crippen LogP contribution in [0.4, 0.5) is 10.1 Å². The second-order valence-electron chi connectivity index (χ2n) is 6.71. The number of halogens is 1. The third-order valence-corrected chi connectivity index (χ3v) is 5.49. The number of nitrogens with zero attached hydrogens (tertiary/aromatic N) is 1. The quantitative estimate of drug-likeness (QED) is 0.836. The van der Waals surface area contributed by atoms with E-state index in [-0.39, 0.29) is 5.82 Å². The number of hydrogen-bond acceptors (Lipinski definition) is 2. The summed E-state index contributed by atoms with van der Waals surface area (Å²) < 4.78 is 13.5. The molecule has 1 spiro atoms. The number of aryl methyl sites for hydroxylation is 1. The van der Waals surface area contributed by atoms with Gasteiger partial charge in [0.1, 0.15) is 5.82 Å². The lowest BCUT2D eigenvalue weighted by Gasteiger charge is -2.35. The highest BCUT2D eigenvalue weighted by Gasteiger charge is 2.38. The average molecular weight is 284 g/mol. The molecule has 0 aliphatic heterocycles. The summed E-state index contributed by atoms with van der Waals surface area (Å²) in [7, 11) is 1.97. The molecule has 1 aromatic carbocycles. The number of aromatic nitrogens is 1. The zero-order valence-corrected chi connectivity index (χ0v) is 12.5. The molecule has 2 aliphatic carbocycles. The third-order valence-electron chi connectivity index (χ3n) is 5.49. The molecule has 1 heterocycles. The van der Waals surface area contributed by atoms with Crippen LogP contribution in [-0.4, -0.2) is 12.0 Å². The van der Waals surface area contributed by atoms with Gasteiger partial charge in [0.15, 0.2) is 0 Å². The maximum absolute atomic E-state index is 13.5. The minimum Gasteiger partial charge on any atom is -0.387 e. The first kappa shape index (κ1) is 13.1. The van der Waals surface area contributed by atoms with Gasteiger partial charge in [0, 0.05) is 29.9 Å². The van der Waals surface area contributed by atoms with Crippen molar-refractivity contribution >= 4 is 16.6 Å². The fraction of sp³-hybridized carbons (Fsp3) is 0.500. The van der Waals surface area contributed by atoms with Crippen molar-refractivity contribution in [1.82, 2.24) is 4.98 Å². The van der Waals surface area contributed by atoms with Crippen LogP contribution < -0.4 is 5.32 Å². The molecular weight excluding hydrogens is 263 g/mol. The summed E-state index contributed by atoms with van der Waals surface area (Å²) in [5, 5.41) is 4.41. The first-order chi connectivity index (χ1) is 10.2. The van der Waals surface area contributed by atoms with Gasteiger partial charge in [0.05, 0.1) is 5.52 Å². The zero-order chi connectivity index (χ0) is 14.4. The Kier molecular flexibility index (Phi) is 2.91. The Hall–Kier alpha value is -1.64. The molecule has 1 saturated carbocycles. The zero-order valence-electron chi connectivity index (χ0n) is 12.5. The van der Waals surface area contributed by atoms with Gasteiger partial charge in [-0.3, -0.25) is 4.98 Å². The topological polar surface area (TPSA) is 24.9 Å². The molecule has 0 radical (unpaired) electrons. The van der Waals surface area contributed by atoms with Crippen molar-refractivity contribution in [3.05, 3.63) is 35.3 Å². The van der Waals surface area contributed by atoms with Gasteiger partial charge in [0.2, 0.25) is 0 Å². The van der Waals surface area contributed by atoms with Crippen LogP contribution >= 0.6 is 0 Å². The Labute approximate surface area is 124 Å². The predicted octanol–water partition coefficient (Wildman–Crippen LogP) is 4.46. The molecule has 0 amide bonds. The van der Waals surface area contributed by atoms with Crippen LogP contribution in [0.15, 0.2) is 18.2 Å². The molecule has 1 fully saturated rings. The molecule has 0 atom stereocenters. The standard InChI is InChI=1S/C18H21FN2/c1-20-17-13-5-4-12(19)10-16(13)21-15-6-9-18(11-14(15)17)7-2-3-8-18/h4-5,10H,2-3,6-9,11H2,1H3,(H,20,21). The average Bonchev–Trinajstić information content (AvgIpc) is 2.93. The molecule has 110 valence electrons. The van der Waals surface area contributed by atoms with Gasteiger partial charge in [-0.1, -0.05) is 12.8 Å². The van der Waals surface area contributed by atoms with E-state index >= 15 is 0 Å². The maximum Gasteiger partial charge on any atom is 0.125 e. The summed E-state index contributed by atoms with van der Waals surface area (Å²) in [6, 6.07) is 4.95. The predicted molar refractivity (Wildman–Crippen MR) is 84.2 cm³/mol. The number of nitrogens with one attached hydrogen (secondary N) is 1. The smallest absolute Gasteiger partial charge is 0.125 e. The fourth-order valence-corrected chi connectivity index (χ4v) is 4.41. The Bertz CT molecular complexity index is 702. The van der Waals surface area contributed by atoms with Gasteiger partial charge < -0.3 is 5.32 Å². The van der Waals surface area contributed by atoms with E-state index in [0.717, 1.165) is 23.7 Å². The van der Waals surface area contributed by atoms with E-state index in [2.05, 4.69) is 5.32 Å². The van der Waals surface area contributed by atoms with Crippen LogP contribution in [0.2, 0.25) is 0 Å². The SMILES string of the molecule is CNc1c2c(nc3cc(F)ccc13)CCC1(CCCC1)C2. The van der Waals surface area contributed by atoms with Crippen LogP contribution in [0.25, 0.3) is 10.9 Å². The molecule has 1 N–H and O–H groups in total. The molecule has 1 aromatic heterocycles. The number of benzene rings is 1. The molecule has 0 bridgehead atoms. The Morgan fingerprint density at radius 3 is 2.76 bits per heavy atom. The van der Waals surface area contributed by atoms with Crippen molar-refractivity contribution < 1.29 is 4.39 Å². The summed E-state index contributed by atoms with van der Waals surface area (Å²) in [4.78, 5) is 4.76. The van der Waals surface area contributed by atoms with Crippen molar-refractivity contribution in [3.63, 3.8) is 0 Å². The summed E-state index contributed by atoms with van der Waals surface area (Å²) >= 11 is 0. The molecule has 2 aliphatic rings. The molecule has 3 heteroatoms. The van der Waals surface area contributed by atoms with E-state index in [1.54, 1.807) is 6.07 Å². The monoisotopic (exact) mass is 284 g/mol. The molecular formula is C18H21FN2. The first-order valence-corrected chi connectivity index (χ1v) is 8.00. The number of hydrogen-bond donors (Lipinski definition) is 1. The fourth-order valence-electron chi connectivity index (χ4n) is 4.41. The summed E-state index contributed by atoms with van der Waals surface area (Å²) in [6.07, 6.45) is 8.88. The molecule has 21 heavy (non-hydrogen) atoms. The highest BCUT2D eigenvalue weighted by molar-refractivity contribution is 5.93. The van der Waals surface area contributed by atoms with Crippen molar-refractivity contribution in [2.75, 3.05) is 12.4 Å². The van der Waals surface area contributed by atoms with E-state index in [4.69, 9.17) is 4.98 Å². The maximum atomic E-state index is 13.5. The minimum atomic E-state index is -0.208. The van der Waals surface area contributed by atoms with E-state index in [1.165, 1.54) is 55.1 Å². The van der Waals surface area contributed by atoms with Gasteiger partial charge in [-0.2, -0.15) is 0 Å². The number of rotatable bonds is 1. The lowest BCUT2D eigenvalue weighted by Crippen LogP contribution is -2.27. The Balaban J connectivity index is 1.90. The lowest BCUT2D eigenvalue weighted by atomic mass is 9.71. The molecule has 0 saturated heterocycles. The van der Waals surface area contributed by atoms with E-state index in [9.17, 15) is 4.39 Å². The summed E-state index contributed by atoms with van der Waals surface area (Å²) in [6.45, 7) is 0. The first-order valence-electron chi connectivity index (χ1n) is 8.00. The molecule has 2 nitrogen and oxygen atoms in total. The van der Waals surface area contributed by atoms with Crippen molar-refractivity contribution in [2.45, 2.75) is 44.9 Å². The van der Waals surface area contributed by atoms with Crippen molar-refractivity contribution in [2.24, 2.45) is 5.41 Å². The van der Waals surface area contributed by atoms with Gasteiger partial charge in [-0.15, -0.1) is 0 Å². The van der Waals surface area contributed by atoms with E-state index in [0.29, 0.717) is 5.41 Å². The number of pyridine rings is 1. The van der Waals surface area contributed by atoms with Gasteiger partial charge in [-0.05, 0) is 55.2 Å². The minimum absolute atomic E-state index is 0.208. The second kappa shape index (κ2) is 4.69.